The lowest BCUT2D eigenvalue weighted by Gasteiger charge is -2.21. The number of hydrogen-bond donors (Lipinski definition) is 1. The van der Waals surface area contributed by atoms with E-state index < -0.39 is 5.56 Å². The van der Waals surface area contributed by atoms with Crippen molar-refractivity contribution in [3.05, 3.63) is 45.7 Å². The Morgan fingerprint density at radius 3 is 2.65 bits per heavy atom. The largest absolute Gasteiger partial charge is 0.376 e. The second-order valence-electron chi connectivity index (χ2n) is 6.63. The Balaban J connectivity index is 1.68. The number of aromatic amines is 1. The van der Waals surface area contributed by atoms with Crippen LogP contribution in [-0.4, -0.2) is 22.8 Å². The van der Waals surface area contributed by atoms with Crippen molar-refractivity contribution in [2.45, 2.75) is 43.9 Å². The van der Waals surface area contributed by atoms with Crippen LogP contribution in [0.5, 0.6) is 0 Å². The molecule has 5 nitrogen and oxygen atoms in total. The topological polar surface area (TPSA) is 78.8 Å². The lowest BCUT2D eigenvalue weighted by atomic mass is 9.90. The Bertz CT molecular complexity index is 834. The third kappa shape index (κ3) is 4.54. The van der Waals surface area contributed by atoms with Gasteiger partial charge in [-0.25, -0.2) is 4.98 Å². The third-order valence-corrected chi connectivity index (χ3v) is 5.36. The van der Waals surface area contributed by atoms with Gasteiger partial charge in [-0.15, -0.1) is 0 Å². The molecule has 1 N–H and O–H groups in total. The van der Waals surface area contributed by atoms with E-state index in [0.717, 1.165) is 17.7 Å². The van der Waals surface area contributed by atoms with Crippen molar-refractivity contribution >= 4 is 11.8 Å². The van der Waals surface area contributed by atoms with Gasteiger partial charge in [0.25, 0.3) is 5.56 Å². The molecule has 0 aliphatic heterocycles. The van der Waals surface area contributed by atoms with Crippen molar-refractivity contribution in [1.82, 2.24) is 9.97 Å². The predicted octanol–water partition coefficient (Wildman–Crippen LogP) is 4.13. The fourth-order valence-electron chi connectivity index (χ4n) is 3.32. The summed E-state index contributed by atoms with van der Waals surface area (Å²) in [5, 5.41) is 9.79. The van der Waals surface area contributed by atoms with Crippen LogP contribution in [0.25, 0.3) is 11.3 Å². The Morgan fingerprint density at radius 2 is 2.00 bits per heavy atom. The lowest BCUT2D eigenvalue weighted by molar-refractivity contribution is 0.0739. The summed E-state index contributed by atoms with van der Waals surface area (Å²) >= 11 is 1.34. The van der Waals surface area contributed by atoms with Gasteiger partial charge in [-0.1, -0.05) is 55.3 Å². The Kier molecular flexibility index (Phi) is 6.48. The maximum Gasteiger partial charge on any atom is 0.270 e. The number of thioether (sulfide) groups is 1. The van der Waals surface area contributed by atoms with Crippen LogP contribution in [0.3, 0.4) is 0 Å². The number of rotatable bonds is 6. The van der Waals surface area contributed by atoms with Crippen LogP contribution in [0.1, 0.15) is 43.2 Å². The molecular formula is C20H23N3O2S. The monoisotopic (exact) mass is 369 g/mol. The molecule has 0 unspecified atom stereocenters. The van der Waals surface area contributed by atoms with Gasteiger partial charge in [0.2, 0.25) is 0 Å². The summed E-state index contributed by atoms with van der Waals surface area (Å²) in [7, 11) is 0. The minimum Gasteiger partial charge on any atom is -0.376 e. The van der Waals surface area contributed by atoms with Crippen LogP contribution in [0.4, 0.5) is 0 Å². The first-order valence-electron chi connectivity index (χ1n) is 8.96. The lowest BCUT2D eigenvalue weighted by Crippen LogP contribution is -2.14. The van der Waals surface area contributed by atoms with E-state index in [1.807, 2.05) is 36.6 Å². The molecule has 6 heteroatoms. The van der Waals surface area contributed by atoms with Gasteiger partial charge in [-0.05, 0) is 30.6 Å². The number of nitrogens with zero attached hydrogens (tertiary/aromatic N) is 2. The quantitative estimate of drug-likeness (QED) is 0.612. The van der Waals surface area contributed by atoms with Crippen molar-refractivity contribution in [2.24, 2.45) is 5.92 Å². The SMILES string of the molecule is CSc1nc(-c2ccc(COCC3CCCCC3)cc2)c(C#N)c(=O)[nH]1. The first-order chi connectivity index (χ1) is 12.7. The Hall–Kier alpha value is -2.10. The van der Waals surface area contributed by atoms with E-state index >= 15 is 0 Å². The number of hydrogen-bond acceptors (Lipinski definition) is 5. The number of aromatic nitrogens is 2. The molecule has 0 saturated heterocycles. The number of nitrogens with one attached hydrogen (secondary N) is 1. The minimum absolute atomic E-state index is 0.0455. The molecule has 0 atom stereocenters. The highest BCUT2D eigenvalue weighted by Gasteiger charge is 2.14. The number of H-pyrrole nitrogens is 1. The molecule has 2 aromatic rings. The molecule has 1 aromatic heterocycles. The van der Waals surface area contributed by atoms with Gasteiger partial charge in [-0.3, -0.25) is 4.79 Å². The van der Waals surface area contributed by atoms with Gasteiger partial charge < -0.3 is 9.72 Å². The highest BCUT2D eigenvalue weighted by atomic mass is 32.2. The van der Waals surface area contributed by atoms with Crippen LogP contribution in [0.2, 0.25) is 0 Å². The molecule has 26 heavy (non-hydrogen) atoms. The minimum atomic E-state index is -0.401. The summed E-state index contributed by atoms with van der Waals surface area (Å²) < 4.78 is 5.88. The summed E-state index contributed by atoms with van der Waals surface area (Å²) in [6.07, 6.45) is 8.40. The van der Waals surface area contributed by atoms with Gasteiger partial charge in [-0.2, -0.15) is 5.26 Å². The molecule has 0 amide bonds. The fraction of sp³-hybridized carbons (Fsp3) is 0.450. The van der Waals surface area contributed by atoms with Gasteiger partial charge >= 0.3 is 0 Å². The molecule has 1 aliphatic rings. The standard InChI is InChI=1S/C20H23N3O2S/c1-26-20-22-18(17(11-21)19(24)23-20)16-9-7-15(8-10-16)13-25-12-14-5-3-2-4-6-14/h7-10,14H,2-6,12-13H2,1H3,(H,22,23,24). The highest BCUT2D eigenvalue weighted by Crippen LogP contribution is 2.25. The van der Waals surface area contributed by atoms with E-state index in [-0.39, 0.29) is 5.56 Å². The molecule has 0 spiro atoms. The van der Waals surface area contributed by atoms with E-state index in [0.29, 0.717) is 23.4 Å². The van der Waals surface area contributed by atoms with E-state index in [9.17, 15) is 10.1 Å². The third-order valence-electron chi connectivity index (χ3n) is 4.78. The maximum absolute atomic E-state index is 12.0. The van der Waals surface area contributed by atoms with E-state index in [1.54, 1.807) is 0 Å². The molecule has 0 radical (unpaired) electrons. The number of benzene rings is 1. The van der Waals surface area contributed by atoms with E-state index in [4.69, 9.17) is 4.74 Å². The molecular weight excluding hydrogens is 346 g/mol. The molecule has 1 saturated carbocycles. The van der Waals surface area contributed by atoms with Gasteiger partial charge in [0, 0.05) is 12.2 Å². The van der Waals surface area contributed by atoms with Gasteiger partial charge in [0.15, 0.2) is 5.16 Å². The van der Waals surface area contributed by atoms with Crippen molar-refractivity contribution in [3.63, 3.8) is 0 Å². The molecule has 1 fully saturated rings. The van der Waals surface area contributed by atoms with Gasteiger partial charge in [0.1, 0.15) is 11.6 Å². The molecule has 1 heterocycles. The summed E-state index contributed by atoms with van der Waals surface area (Å²) in [6, 6.07) is 9.69. The summed E-state index contributed by atoms with van der Waals surface area (Å²) in [6.45, 7) is 1.41. The second kappa shape index (κ2) is 9.02. The first kappa shape index (κ1) is 18.7. The Morgan fingerprint density at radius 1 is 1.27 bits per heavy atom. The van der Waals surface area contributed by atoms with Crippen LogP contribution >= 0.6 is 11.8 Å². The van der Waals surface area contributed by atoms with Crippen molar-refractivity contribution in [3.8, 4) is 17.3 Å². The predicted molar refractivity (Wildman–Crippen MR) is 103 cm³/mol. The van der Waals surface area contributed by atoms with Crippen molar-refractivity contribution < 1.29 is 4.74 Å². The van der Waals surface area contributed by atoms with Crippen LogP contribution in [0, 0.1) is 17.2 Å². The zero-order valence-corrected chi connectivity index (χ0v) is 15.8. The van der Waals surface area contributed by atoms with Crippen LogP contribution < -0.4 is 5.56 Å². The Labute approximate surface area is 157 Å². The molecule has 1 aliphatic carbocycles. The smallest absolute Gasteiger partial charge is 0.270 e. The first-order valence-corrected chi connectivity index (χ1v) is 10.2. The zero-order valence-electron chi connectivity index (χ0n) is 15.0. The average molecular weight is 369 g/mol. The summed E-state index contributed by atoms with van der Waals surface area (Å²) in [5.41, 5.74) is 1.91. The number of ether oxygens (including phenoxy) is 1. The van der Waals surface area contributed by atoms with Gasteiger partial charge in [0.05, 0.1) is 12.3 Å². The molecule has 1 aromatic carbocycles. The van der Waals surface area contributed by atoms with E-state index in [2.05, 4.69) is 9.97 Å². The van der Waals surface area contributed by atoms with Crippen molar-refractivity contribution in [1.29, 1.82) is 5.26 Å². The van der Waals surface area contributed by atoms with Crippen LogP contribution in [-0.2, 0) is 11.3 Å². The van der Waals surface area contributed by atoms with Crippen LogP contribution in [0.15, 0.2) is 34.2 Å². The summed E-state index contributed by atoms with van der Waals surface area (Å²) in [5.74, 6) is 0.700. The molecule has 3 rings (SSSR count). The fourth-order valence-corrected chi connectivity index (χ4v) is 3.70. The van der Waals surface area contributed by atoms with E-state index in [1.165, 1.54) is 43.9 Å². The van der Waals surface area contributed by atoms with Crippen molar-refractivity contribution in [2.75, 3.05) is 12.9 Å². The average Bonchev–Trinajstić information content (AvgIpc) is 2.68. The second-order valence-corrected chi connectivity index (χ2v) is 7.42. The highest BCUT2D eigenvalue weighted by molar-refractivity contribution is 7.98. The summed E-state index contributed by atoms with van der Waals surface area (Å²) in [4.78, 5) is 19.0. The number of nitriles is 1. The normalized spacial score (nSPS) is 14.9. The maximum atomic E-state index is 12.0. The zero-order chi connectivity index (χ0) is 18.4. The molecule has 0 bridgehead atoms. The molecule has 136 valence electrons.